The van der Waals surface area contributed by atoms with Gasteiger partial charge < -0.3 is 16.0 Å². The van der Waals surface area contributed by atoms with Crippen LogP contribution in [0.4, 0.5) is 35.4 Å². The van der Waals surface area contributed by atoms with Crippen LogP contribution in [0.2, 0.25) is 0 Å². The van der Waals surface area contributed by atoms with Crippen LogP contribution in [-0.2, 0) is 0 Å². The van der Waals surface area contributed by atoms with E-state index in [-0.39, 0.29) is 18.8 Å². The number of benzene rings is 3. The molecule has 0 atom stereocenters. The third kappa shape index (κ3) is 5.78. The topological polar surface area (TPSA) is 73.5 Å². The Labute approximate surface area is 172 Å². The molecule has 4 amide bonds. The van der Waals surface area contributed by atoms with E-state index < -0.39 is 23.7 Å². The van der Waals surface area contributed by atoms with Crippen LogP contribution in [0, 0.1) is 11.6 Å². The summed E-state index contributed by atoms with van der Waals surface area (Å²) in [7, 11) is 0. The van der Waals surface area contributed by atoms with E-state index in [9.17, 15) is 18.4 Å². The molecule has 8 heteroatoms. The van der Waals surface area contributed by atoms with Crippen LogP contribution in [0.5, 0.6) is 0 Å². The highest BCUT2D eigenvalue weighted by Gasteiger charge is 2.16. The van der Waals surface area contributed by atoms with E-state index in [2.05, 4.69) is 16.0 Å². The number of anilines is 3. The molecule has 0 saturated carbocycles. The Morgan fingerprint density at radius 3 is 2.17 bits per heavy atom. The summed E-state index contributed by atoms with van der Waals surface area (Å²) in [4.78, 5) is 26.2. The molecule has 0 aromatic heterocycles. The largest absolute Gasteiger partial charge is 0.336 e. The highest BCUT2D eigenvalue weighted by atomic mass is 19.1. The lowest BCUT2D eigenvalue weighted by atomic mass is 10.2. The smallest absolute Gasteiger partial charge is 0.326 e. The van der Waals surface area contributed by atoms with Gasteiger partial charge in [0.25, 0.3) is 0 Å². The number of halogens is 2. The summed E-state index contributed by atoms with van der Waals surface area (Å²) in [6, 6.07) is 19.0. The SMILES string of the molecule is O=C(NCCN(C(=O)Nc1ccccc1)c1ccc(F)cc1)Nc1ccccc1F. The van der Waals surface area contributed by atoms with Crippen molar-refractivity contribution < 1.29 is 18.4 Å². The van der Waals surface area contributed by atoms with E-state index >= 15 is 0 Å². The standard InChI is InChI=1S/C22H20F2N4O2/c23-16-10-12-18(13-11-16)28(22(30)26-17-6-2-1-3-7-17)15-14-25-21(29)27-20-9-5-4-8-19(20)24/h1-13H,14-15H2,(H,26,30)(H2,25,27,29). The Hall–Kier alpha value is -3.94. The fourth-order valence-corrected chi connectivity index (χ4v) is 2.69. The predicted octanol–water partition coefficient (Wildman–Crippen LogP) is 4.83. The normalized spacial score (nSPS) is 10.2. The number of nitrogens with one attached hydrogen (secondary N) is 3. The van der Waals surface area contributed by atoms with Crippen LogP contribution in [0.3, 0.4) is 0 Å². The lowest BCUT2D eigenvalue weighted by Crippen LogP contribution is -2.42. The first-order chi connectivity index (χ1) is 14.5. The number of carbonyl (C=O) groups excluding carboxylic acids is 2. The van der Waals surface area contributed by atoms with E-state index in [0.29, 0.717) is 11.4 Å². The van der Waals surface area contributed by atoms with Gasteiger partial charge in [-0.3, -0.25) is 4.90 Å². The van der Waals surface area contributed by atoms with Crippen LogP contribution in [0.15, 0.2) is 78.9 Å². The van der Waals surface area contributed by atoms with Gasteiger partial charge in [-0.15, -0.1) is 0 Å². The van der Waals surface area contributed by atoms with Gasteiger partial charge in [0.15, 0.2) is 0 Å². The van der Waals surface area contributed by atoms with Crippen molar-refractivity contribution in [3.63, 3.8) is 0 Å². The molecule has 0 unspecified atom stereocenters. The summed E-state index contributed by atoms with van der Waals surface area (Å²) >= 11 is 0. The van der Waals surface area contributed by atoms with E-state index in [1.807, 2.05) is 6.07 Å². The predicted molar refractivity (Wildman–Crippen MR) is 113 cm³/mol. The number of nitrogens with zero attached hydrogens (tertiary/aromatic N) is 1. The number of para-hydroxylation sites is 2. The number of carbonyl (C=O) groups is 2. The first-order valence-corrected chi connectivity index (χ1v) is 9.21. The third-order valence-corrected chi connectivity index (χ3v) is 4.15. The molecule has 0 heterocycles. The van der Waals surface area contributed by atoms with Crippen molar-refractivity contribution in [1.29, 1.82) is 0 Å². The molecule has 0 spiro atoms. The molecule has 3 rings (SSSR count). The molecule has 154 valence electrons. The van der Waals surface area contributed by atoms with Gasteiger partial charge in [0.2, 0.25) is 0 Å². The van der Waals surface area contributed by atoms with Crippen molar-refractivity contribution in [3.05, 3.63) is 90.5 Å². The maximum atomic E-state index is 13.6. The number of hydrogen-bond donors (Lipinski definition) is 3. The summed E-state index contributed by atoms with van der Waals surface area (Å²) < 4.78 is 26.9. The molecule has 0 bridgehead atoms. The molecule has 3 aromatic carbocycles. The minimum atomic E-state index is -0.609. The van der Waals surface area contributed by atoms with Crippen LogP contribution in [0.1, 0.15) is 0 Å². The van der Waals surface area contributed by atoms with Gasteiger partial charge in [-0.25, -0.2) is 18.4 Å². The Morgan fingerprint density at radius 1 is 0.800 bits per heavy atom. The molecule has 0 aliphatic rings. The van der Waals surface area contributed by atoms with Gasteiger partial charge in [0.05, 0.1) is 5.69 Å². The highest BCUT2D eigenvalue weighted by Crippen LogP contribution is 2.17. The monoisotopic (exact) mass is 410 g/mol. The average Bonchev–Trinajstić information content (AvgIpc) is 2.74. The Bertz CT molecular complexity index is 998. The maximum Gasteiger partial charge on any atom is 0.326 e. The first kappa shape index (κ1) is 20.8. The minimum absolute atomic E-state index is 0.0483. The highest BCUT2D eigenvalue weighted by molar-refractivity contribution is 6.01. The lowest BCUT2D eigenvalue weighted by Gasteiger charge is -2.23. The number of hydrogen-bond acceptors (Lipinski definition) is 2. The summed E-state index contributed by atoms with van der Waals surface area (Å²) in [5.41, 5.74) is 1.10. The van der Waals surface area contributed by atoms with Crippen LogP contribution in [-0.4, -0.2) is 25.2 Å². The Kier molecular flexibility index (Phi) is 6.94. The molecule has 0 saturated heterocycles. The van der Waals surface area contributed by atoms with E-state index in [1.54, 1.807) is 30.3 Å². The summed E-state index contributed by atoms with van der Waals surface area (Å²) in [6.07, 6.45) is 0. The first-order valence-electron chi connectivity index (χ1n) is 9.21. The Morgan fingerprint density at radius 2 is 1.47 bits per heavy atom. The number of urea groups is 2. The summed E-state index contributed by atoms with van der Waals surface area (Å²) in [5, 5.41) is 7.74. The molecule has 3 aromatic rings. The zero-order valence-electron chi connectivity index (χ0n) is 15.9. The van der Waals surface area contributed by atoms with Gasteiger partial charge in [-0.1, -0.05) is 30.3 Å². The van der Waals surface area contributed by atoms with E-state index in [4.69, 9.17) is 0 Å². The quantitative estimate of drug-likeness (QED) is 0.545. The fraction of sp³-hybridized carbons (Fsp3) is 0.0909. The molecule has 0 fully saturated rings. The summed E-state index contributed by atoms with van der Waals surface area (Å²) in [5.74, 6) is -0.979. The van der Waals surface area contributed by atoms with Gasteiger partial charge in [-0.2, -0.15) is 0 Å². The van der Waals surface area contributed by atoms with Gasteiger partial charge in [-0.05, 0) is 48.5 Å². The maximum absolute atomic E-state index is 13.6. The number of amides is 4. The van der Waals surface area contributed by atoms with Crippen molar-refractivity contribution >= 4 is 29.1 Å². The van der Waals surface area contributed by atoms with Gasteiger partial charge in [0.1, 0.15) is 11.6 Å². The van der Waals surface area contributed by atoms with Gasteiger partial charge in [0, 0.05) is 24.5 Å². The van der Waals surface area contributed by atoms with E-state index in [0.717, 1.165) is 0 Å². The van der Waals surface area contributed by atoms with Crippen LogP contribution in [0.25, 0.3) is 0 Å². The lowest BCUT2D eigenvalue weighted by molar-refractivity contribution is 0.250. The second-order valence-electron chi connectivity index (χ2n) is 6.28. The van der Waals surface area contributed by atoms with Crippen molar-refractivity contribution in [2.75, 3.05) is 28.6 Å². The molecular formula is C22H20F2N4O2. The molecule has 6 nitrogen and oxygen atoms in total. The van der Waals surface area contributed by atoms with Crippen LogP contribution >= 0.6 is 0 Å². The molecule has 30 heavy (non-hydrogen) atoms. The van der Waals surface area contributed by atoms with Crippen LogP contribution < -0.4 is 20.9 Å². The van der Waals surface area contributed by atoms with Crippen molar-refractivity contribution in [2.45, 2.75) is 0 Å². The minimum Gasteiger partial charge on any atom is -0.336 e. The fourth-order valence-electron chi connectivity index (χ4n) is 2.69. The third-order valence-electron chi connectivity index (χ3n) is 4.15. The van der Waals surface area contributed by atoms with Crippen molar-refractivity contribution in [3.8, 4) is 0 Å². The molecule has 3 N–H and O–H groups in total. The van der Waals surface area contributed by atoms with Crippen molar-refractivity contribution in [1.82, 2.24) is 5.32 Å². The van der Waals surface area contributed by atoms with Crippen molar-refractivity contribution in [2.24, 2.45) is 0 Å². The Balaban J connectivity index is 1.63. The number of rotatable bonds is 6. The summed E-state index contributed by atoms with van der Waals surface area (Å²) in [6.45, 7) is 0.189. The second-order valence-corrected chi connectivity index (χ2v) is 6.28. The van der Waals surface area contributed by atoms with Gasteiger partial charge >= 0.3 is 12.1 Å². The zero-order chi connectivity index (χ0) is 21.3. The zero-order valence-corrected chi connectivity index (χ0v) is 15.9. The van der Waals surface area contributed by atoms with E-state index in [1.165, 1.54) is 47.4 Å². The molecule has 0 aliphatic heterocycles. The average molecular weight is 410 g/mol. The molecule has 0 radical (unpaired) electrons. The molecule has 0 aliphatic carbocycles. The molecular weight excluding hydrogens is 390 g/mol. The second kappa shape index (κ2) is 10.0.